The molecule has 0 aromatic heterocycles. The average Bonchev–Trinajstić information content (AvgIpc) is 2.67. The van der Waals surface area contributed by atoms with Crippen molar-refractivity contribution in [2.75, 3.05) is 9.80 Å². The summed E-state index contributed by atoms with van der Waals surface area (Å²) in [6.07, 6.45) is 3.19. The highest BCUT2D eigenvalue weighted by molar-refractivity contribution is 5.97. The third-order valence-electron chi connectivity index (χ3n) is 5.26. The van der Waals surface area contributed by atoms with Gasteiger partial charge in [0, 0.05) is 30.8 Å². The van der Waals surface area contributed by atoms with Crippen LogP contribution in [-0.2, 0) is 9.59 Å². The van der Waals surface area contributed by atoms with Gasteiger partial charge >= 0.3 is 0 Å². The lowest BCUT2D eigenvalue weighted by Gasteiger charge is -2.43. The van der Waals surface area contributed by atoms with Crippen LogP contribution in [0.5, 0.6) is 0 Å². The third kappa shape index (κ3) is 3.90. The number of fused-ring (bicyclic) bond motifs is 1. The summed E-state index contributed by atoms with van der Waals surface area (Å²) in [5.41, 5.74) is 2.87. The average molecular weight is 364 g/mol. The maximum Gasteiger partial charge on any atom is 0.227 e. The smallest absolute Gasteiger partial charge is 0.227 e. The summed E-state index contributed by atoms with van der Waals surface area (Å²) in [5, 5.41) is 0. The van der Waals surface area contributed by atoms with Crippen LogP contribution in [-0.4, -0.2) is 17.9 Å². The maximum absolute atomic E-state index is 12.9. The Kier molecular flexibility index (Phi) is 5.94. The van der Waals surface area contributed by atoms with E-state index in [4.69, 9.17) is 0 Å². The second-order valence-corrected chi connectivity index (χ2v) is 7.25. The summed E-state index contributed by atoms with van der Waals surface area (Å²) in [6.45, 7) is 5.79. The van der Waals surface area contributed by atoms with E-state index >= 15 is 0 Å². The van der Waals surface area contributed by atoms with Crippen LogP contribution in [0.2, 0.25) is 0 Å². The van der Waals surface area contributed by atoms with Gasteiger partial charge in [0.05, 0.1) is 6.04 Å². The van der Waals surface area contributed by atoms with Crippen LogP contribution in [0.1, 0.15) is 58.1 Å². The molecule has 2 aromatic carbocycles. The van der Waals surface area contributed by atoms with Crippen molar-refractivity contribution < 1.29 is 9.59 Å². The number of rotatable bonds is 5. The Morgan fingerprint density at radius 1 is 1.07 bits per heavy atom. The van der Waals surface area contributed by atoms with E-state index in [0.29, 0.717) is 6.42 Å². The van der Waals surface area contributed by atoms with Crippen molar-refractivity contribution in [1.29, 1.82) is 0 Å². The number of benzene rings is 2. The molecular formula is C23H28N2O2. The second kappa shape index (κ2) is 8.38. The standard InChI is InChI=1S/C23H28N2O2/c1-4-5-15-23(27)24-17(2)16-22(20-13-9-10-14-21(20)24)25(18(3)26)19-11-7-6-8-12-19/h6-14,17,22H,4-5,15-16H2,1-3H3/t17-,22+/m1/s1. The van der Waals surface area contributed by atoms with E-state index in [2.05, 4.69) is 13.8 Å². The topological polar surface area (TPSA) is 40.6 Å². The van der Waals surface area contributed by atoms with Crippen LogP contribution >= 0.6 is 0 Å². The number of carbonyl (C=O) groups excluding carboxylic acids is 2. The summed E-state index contributed by atoms with van der Waals surface area (Å²) in [5.74, 6) is 0.184. The van der Waals surface area contributed by atoms with Crippen molar-refractivity contribution in [1.82, 2.24) is 0 Å². The first kappa shape index (κ1) is 19.2. The molecule has 0 N–H and O–H groups in total. The predicted octanol–water partition coefficient (Wildman–Crippen LogP) is 5.10. The van der Waals surface area contributed by atoms with Gasteiger partial charge in [-0.05, 0) is 43.5 Å². The van der Waals surface area contributed by atoms with Crippen LogP contribution in [0.25, 0.3) is 0 Å². The molecule has 0 unspecified atom stereocenters. The molecular weight excluding hydrogens is 336 g/mol. The zero-order valence-corrected chi connectivity index (χ0v) is 16.4. The molecule has 0 saturated heterocycles. The number of hydrogen-bond donors (Lipinski definition) is 0. The molecule has 27 heavy (non-hydrogen) atoms. The second-order valence-electron chi connectivity index (χ2n) is 7.25. The monoisotopic (exact) mass is 364 g/mol. The molecule has 2 aromatic rings. The van der Waals surface area contributed by atoms with E-state index in [-0.39, 0.29) is 23.9 Å². The molecule has 0 aliphatic carbocycles. The quantitative estimate of drug-likeness (QED) is 0.741. The Labute approximate surface area is 161 Å². The zero-order chi connectivity index (χ0) is 19.4. The van der Waals surface area contributed by atoms with E-state index in [1.165, 1.54) is 0 Å². The fourth-order valence-electron chi connectivity index (χ4n) is 4.02. The van der Waals surface area contributed by atoms with Crippen LogP contribution in [0.15, 0.2) is 54.6 Å². The van der Waals surface area contributed by atoms with Crippen molar-refractivity contribution >= 4 is 23.2 Å². The number of anilines is 2. The van der Waals surface area contributed by atoms with Crippen LogP contribution in [0.3, 0.4) is 0 Å². The number of amides is 2. The first-order valence-corrected chi connectivity index (χ1v) is 9.80. The molecule has 2 atom stereocenters. The van der Waals surface area contributed by atoms with Gasteiger partial charge in [0.2, 0.25) is 11.8 Å². The Hall–Kier alpha value is -2.62. The number of unbranched alkanes of at least 4 members (excludes halogenated alkanes) is 1. The highest BCUT2D eigenvalue weighted by Gasteiger charge is 2.37. The Balaban J connectivity index is 2.02. The summed E-state index contributed by atoms with van der Waals surface area (Å²) in [6, 6.07) is 17.7. The first-order valence-electron chi connectivity index (χ1n) is 9.80. The van der Waals surface area contributed by atoms with Gasteiger partial charge in [0.25, 0.3) is 0 Å². The van der Waals surface area contributed by atoms with E-state index < -0.39 is 0 Å². The normalized spacial score (nSPS) is 18.7. The van der Waals surface area contributed by atoms with Gasteiger partial charge in [-0.1, -0.05) is 49.7 Å². The molecule has 3 rings (SSSR count). The van der Waals surface area contributed by atoms with Gasteiger partial charge in [-0.3, -0.25) is 9.59 Å². The van der Waals surface area contributed by atoms with Crippen LogP contribution in [0, 0.1) is 0 Å². The van der Waals surface area contributed by atoms with Gasteiger partial charge in [0.15, 0.2) is 0 Å². The number of carbonyl (C=O) groups is 2. The molecule has 142 valence electrons. The Morgan fingerprint density at radius 2 is 1.74 bits per heavy atom. The van der Waals surface area contributed by atoms with E-state index in [1.54, 1.807) is 6.92 Å². The molecule has 0 radical (unpaired) electrons. The molecule has 0 fully saturated rings. The van der Waals surface area contributed by atoms with Crippen LogP contribution < -0.4 is 9.80 Å². The van der Waals surface area contributed by atoms with Crippen molar-refractivity contribution in [2.24, 2.45) is 0 Å². The molecule has 2 amide bonds. The molecule has 1 aliphatic heterocycles. The van der Waals surface area contributed by atoms with Crippen molar-refractivity contribution in [3.05, 3.63) is 60.2 Å². The molecule has 1 aliphatic rings. The lowest BCUT2D eigenvalue weighted by atomic mass is 9.89. The maximum atomic E-state index is 12.9. The van der Waals surface area contributed by atoms with Gasteiger partial charge in [-0.2, -0.15) is 0 Å². The fourth-order valence-corrected chi connectivity index (χ4v) is 4.02. The van der Waals surface area contributed by atoms with E-state index in [0.717, 1.165) is 36.2 Å². The minimum Gasteiger partial charge on any atom is -0.309 e. The van der Waals surface area contributed by atoms with Crippen LogP contribution in [0.4, 0.5) is 11.4 Å². The lowest BCUT2D eigenvalue weighted by molar-refractivity contribution is -0.119. The number of para-hydroxylation sites is 2. The largest absolute Gasteiger partial charge is 0.309 e. The van der Waals surface area contributed by atoms with Gasteiger partial charge in [0.1, 0.15) is 0 Å². The number of nitrogens with zero attached hydrogens (tertiary/aromatic N) is 2. The summed E-state index contributed by atoms with van der Waals surface area (Å²) >= 11 is 0. The predicted molar refractivity (Wildman–Crippen MR) is 110 cm³/mol. The molecule has 4 heteroatoms. The summed E-state index contributed by atoms with van der Waals surface area (Å²) in [4.78, 5) is 29.2. The van der Waals surface area contributed by atoms with Gasteiger partial charge in [-0.15, -0.1) is 0 Å². The van der Waals surface area contributed by atoms with Crippen molar-refractivity contribution in [2.45, 2.75) is 58.5 Å². The van der Waals surface area contributed by atoms with Crippen molar-refractivity contribution in [3.8, 4) is 0 Å². The minimum atomic E-state index is -0.0775. The molecule has 0 saturated carbocycles. The number of hydrogen-bond acceptors (Lipinski definition) is 2. The summed E-state index contributed by atoms with van der Waals surface area (Å²) < 4.78 is 0. The molecule has 0 bridgehead atoms. The highest BCUT2D eigenvalue weighted by Crippen LogP contribution is 2.42. The first-order chi connectivity index (χ1) is 13.0. The molecule has 1 heterocycles. The summed E-state index contributed by atoms with van der Waals surface area (Å²) in [7, 11) is 0. The Morgan fingerprint density at radius 3 is 2.41 bits per heavy atom. The van der Waals surface area contributed by atoms with Gasteiger partial charge in [-0.25, -0.2) is 0 Å². The third-order valence-corrected chi connectivity index (χ3v) is 5.26. The van der Waals surface area contributed by atoms with Gasteiger partial charge < -0.3 is 9.80 Å². The van der Waals surface area contributed by atoms with Crippen molar-refractivity contribution in [3.63, 3.8) is 0 Å². The van der Waals surface area contributed by atoms with E-state index in [9.17, 15) is 9.59 Å². The lowest BCUT2D eigenvalue weighted by Crippen LogP contribution is -2.47. The molecule has 4 nitrogen and oxygen atoms in total. The zero-order valence-electron chi connectivity index (χ0n) is 16.4. The SMILES string of the molecule is CCCCC(=O)N1c2ccccc2[C@@H](N(C(C)=O)c2ccccc2)C[C@H]1C. The minimum absolute atomic E-state index is 0.0129. The van der Waals surface area contributed by atoms with E-state index in [1.807, 2.05) is 64.4 Å². The highest BCUT2D eigenvalue weighted by atomic mass is 16.2. The Bertz CT molecular complexity index is 803. The fraction of sp³-hybridized carbons (Fsp3) is 0.391. The molecule has 0 spiro atoms.